The van der Waals surface area contributed by atoms with Crippen molar-refractivity contribution in [1.29, 1.82) is 0 Å². The maximum atomic E-state index is 13.5. The van der Waals surface area contributed by atoms with Gasteiger partial charge in [-0.3, -0.25) is 0 Å². The summed E-state index contributed by atoms with van der Waals surface area (Å²) in [6.07, 6.45) is 0. The largest absolute Gasteiger partial charge is 0.463 e. The fourth-order valence-corrected chi connectivity index (χ4v) is 4.40. The van der Waals surface area contributed by atoms with Gasteiger partial charge in [0.2, 0.25) is 11.1 Å². The quantitative estimate of drug-likeness (QED) is 0.403. The number of thioether (sulfide) groups is 1. The van der Waals surface area contributed by atoms with Gasteiger partial charge < -0.3 is 10.1 Å². The summed E-state index contributed by atoms with van der Waals surface area (Å²) < 4.78 is 20.4. The molecule has 1 atom stereocenters. The minimum absolute atomic E-state index is 0.261. The van der Waals surface area contributed by atoms with E-state index in [2.05, 4.69) is 15.4 Å². The number of carbonyl (C=O) groups is 1. The number of fused-ring (bicyclic) bond motifs is 1. The number of esters is 1. The Morgan fingerprint density at radius 2 is 2.10 bits per heavy atom. The van der Waals surface area contributed by atoms with Crippen LogP contribution in [0, 0.1) is 5.82 Å². The maximum absolute atomic E-state index is 13.5. The number of nitrogens with zero attached hydrogens (tertiary/aromatic N) is 3. The third kappa shape index (κ3) is 4.60. The van der Waals surface area contributed by atoms with Crippen LogP contribution in [-0.2, 0) is 15.3 Å². The van der Waals surface area contributed by atoms with Crippen molar-refractivity contribution in [2.24, 2.45) is 0 Å². The first kappa shape index (κ1) is 21.4. The Bertz CT molecular complexity index is 1160. The monoisotopic (exact) mass is 458 g/mol. The summed E-state index contributed by atoms with van der Waals surface area (Å²) in [6.45, 7) is 3.83. The molecule has 0 amide bonds. The predicted molar refractivity (Wildman–Crippen MR) is 119 cm³/mol. The van der Waals surface area contributed by atoms with Gasteiger partial charge in [-0.2, -0.15) is 4.98 Å². The second-order valence-corrected chi connectivity index (χ2v) is 8.30. The number of rotatable bonds is 6. The van der Waals surface area contributed by atoms with Crippen molar-refractivity contribution >= 4 is 35.3 Å². The van der Waals surface area contributed by atoms with E-state index in [1.165, 1.54) is 23.9 Å². The van der Waals surface area contributed by atoms with E-state index in [9.17, 15) is 9.18 Å². The molecule has 3 aromatic rings. The molecule has 1 aliphatic rings. The van der Waals surface area contributed by atoms with E-state index >= 15 is 0 Å². The number of anilines is 1. The van der Waals surface area contributed by atoms with Crippen LogP contribution in [0.3, 0.4) is 0 Å². The van der Waals surface area contributed by atoms with Crippen LogP contribution in [0.1, 0.15) is 31.0 Å². The fraction of sp³-hybridized carbons (Fsp3) is 0.227. The standard InChI is InChI=1S/C22H20ClFN4O2S/c1-3-30-20(29)18-13(2)25-21-26-22(31-12-14-6-4-9-17(24)10-14)27-28(21)19(18)15-7-5-8-16(23)11-15/h4-11,19H,3,12H2,1-2H3,(H,25,26,27)/t19-/m1/s1. The molecule has 0 spiro atoms. The van der Waals surface area contributed by atoms with E-state index in [0.29, 0.717) is 33.2 Å². The van der Waals surface area contributed by atoms with Crippen LogP contribution < -0.4 is 5.32 Å². The van der Waals surface area contributed by atoms with E-state index in [1.54, 1.807) is 29.8 Å². The van der Waals surface area contributed by atoms with Gasteiger partial charge >= 0.3 is 5.97 Å². The van der Waals surface area contributed by atoms with E-state index in [-0.39, 0.29) is 12.4 Å². The van der Waals surface area contributed by atoms with Crippen molar-refractivity contribution in [3.63, 3.8) is 0 Å². The number of carbonyl (C=O) groups excluding carboxylic acids is 1. The normalized spacial score (nSPS) is 15.4. The lowest BCUT2D eigenvalue weighted by Crippen LogP contribution is -2.29. The number of benzene rings is 2. The van der Waals surface area contributed by atoms with Gasteiger partial charge in [0.05, 0.1) is 12.2 Å². The van der Waals surface area contributed by atoms with Gasteiger partial charge in [-0.15, -0.1) is 5.10 Å². The molecule has 2 aromatic carbocycles. The number of hydrogen-bond acceptors (Lipinski definition) is 6. The first-order valence-corrected chi connectivity index (χ1v) is 11.1. The zero-order chi connectivity index (χ0) is 22.0. The molecule has 0 aliphatic carbocycles. The van der Waals surface area contributed by atoms with E-state index in [0.717, 1.165) is 11.1 Å². The van der Waals surface area contributed by atoms with Gasteiger partial charge in [0.1, 0.15) is 11.9 Å². The van der Waals surface area contributed by atoms with Crippen LogP contribution in [0.4, 0.5) is 10.3 Å². The lowest BCUT2D eigenvalue weighted by Gasteiger charge is -2.28. The van der Waals surface area contributed by atoms with Crippen molar-refractivity contribution in [2.45, 2.75) is 30.8 Å². The average Bonchev–Trinajstić information content (AvgIpc) is 3.13. The van der Waals surface area contributed by atoms with Crippen LogP contribution in [-0.4, -0.2) is 27.3 Å². The summed E-state index contributed by atoms with van der Waals surface area (Å²) in [5.74, 6) is 0.321. The zero-order valence-electron chi connectivity index (χ0n) is 16.9. The van der Waals surface area contributed by atoms with Crippen molar-refractivity contribution in [1.82, 2.24) is 14.8 Å². The molecule has 1 N–H and O–H groups in total. The van der Waals surface area contributed by atoms with Crippen LogP contribution in [0.2, 0.25) is 5.02 Å². The topological polar surface area (TPSA) is 69.0 Å². The highest BCUT2D eigenvalue weighted by molar-refractivity contribution is 7.98. The molecule has 160 valence electrons. The van der Waals surface area contributed by atoms with Gasteiger partial charge in [0, 0.05) is 16.5 Å². The van der Waals surface area contributed by atoms with Gasteiger partial charge in [0.15, 0.2) is 0 Å². The molecule has 1 aromatic heterocycles. The summed E-state index contributed by atoms with van der Waals surface area (Å²) in [5.41, 5.74) is 2.72. The molecule has 1 aliphatic heterocycles. The number of nitrogens with one attached hydrogen (secondary N) is 1. The molecule has 9 heteroatoms. The smallest absolute Gasteiger partial charge is 0.338 e. The Morgan fingerprint density at radius 1 is 1.29 bits per heavy atom. The summed E-state index contributed by atoms with van der Waals surface area (Å²) >= 11 is 7.61. The van der Waals surface area contributed by atoms with Gasteiger partial charge in [0.25, 0.3) is 0 Å². The first-order valence-electron chi connectivity index (χ1n) is 9.70. The molecular formula is C22H20ClFN4O2S. The summed E-state index contributed by atoms with van der Waals surface area (Å²) in [7, 11) is 0. The Labute approximate surface area is 188 Å². The predicted octanol–water partition coefficient (Wildman–Crippen LogP) is 5.21. The number of hydrogen-bond donors (Lipinski definition) is 1. The van der Waals surface area contributed by atoms with Crippen LogP contribution in [0.25, 0.3) is 0 Å². The molecule has 2 heterocycles. The van der Waals surface area contributed by atoms with Crippen molar-refractivity contribution in [3.05, 3.63) is 81.8 Å². The molecule has 0 saturated carbocycles. The number of halogens is 2. The molecule has 0 fully saturated rings. The highest BCUT2D eigenvalue weighted by atomic mass is 35.5. The molecule has 0 unspecified atom stereocenters. The lowest BCUT2D eigenvalue weighted by molar-refractivity contribution is -0.139. The van der Waals surface area contributed by atoms with E-state index in [4.69, 9.17) is 16.3 Å². The summed E-state index contributed by atoms with van der Waals surface area (Å²) in [4.78, 5) is 17.3. The van der Waals surface area contributed by atoms with Crippen molar-refractivity contribution < 1.29 is 13.9 Å². The summed E-state index contributed by atoms with van der Waals surface area (Å²) in [6, 6.07) is 13.2. The van der Waals surface area contributed by atoms with E-state index < -0.39 is 12.0 Å². The number of aromatic nitrogens is 3. The van der Waals surface area contributed by atoms with Crippen molar-refractivity contribution in [3.8, 4) is 0 Å². The van der Waals surface area contributed by atoms with Gasteiger partial charge in [-0.1, -0.05) is 47.6 Å². The fourth-order valence-electron chi connectivity index (χ4n) is 3.43. The highest BCUT2D eigenvalue weighted by Gasteiger charge is 2.35. The number of ether oxygens (including phenoxy) is 1. The molecule has 0 radical (unpaired) electrons. The second-order valence-electron chi connectivity index (χ2n) is 6.92. The molecular weight excluding hydrogens is 439 g/mol. The van der Waals surface area contributed by atoms with Crippen LogP contribution in [0.5, 0.6) is 0 Å². The Hall–Kier alpha value is -2.84. The van der Waals surface area contributed by atoms with Crippen LogP contribution >= 0.6 is 23.4 Å². The zero-order valence-corrected chi connectivity index (χ0v) is 18.5. The summed E-state index contributed by atoms with van der Waals surface area (Å²) in [5, 5.41) is 8.85. The molecule has 4 rings (SSSR count). The Kier molecular flexibility index (Phi) is 6.29. The van der Waals surface area contributed by atoms with Gasteiger partial charge in [-0.05, 0) is 49.2 Å². The molecule has 0 saturated heterocycles. The Morgan fingerprint density at radius 3 is 2.84 bits per heavy atom. The first-order chi connectivity index (χ1) is 15.0. The van der Waals surface area contributed by atoms with Crippen LogP contribution in [0.15, 0.2) is 65.0 Å². The van der Waals surface area contributed by atoms with Gasteiger partial charge in [-0.25, -0.2) is 13.9 Å². The third-order valence-electron chi connectivity index (χ3n) is 4.75. The highest BCUT2D eigenvalue weighted by Crippen LogP contribution is 2.37. The number of allylic oxidation sites excluding steroid dienone is 1. The van der Waals surface area contributed by atoms with Crippen molar-refractivity contribution in [2.75, 3.05) is 11.9 Å². The molecule has 0 bridgehead atoms. The second kappa shape index (κ2) is 9.11. The maximum Gasteiger partial charge on any atom is 0.338 e. The van der Waals surface area contributed by atoms with E-state index in [1.807, 2.05) is 25.1 Å². The lowest BCUT2D eigenvalue weighted by atomic mass is 9.96. The Balaban J connectivity index is 1.70. The molecule has 31 heavy (non-hydrogen) atoms. The third-order valence-corrected chi connectivity index (χ3v) is 5.89. The minimum atomic E-state index is -0.537. The SMILES string of the molecule is CCOC(=O)C1=C(C)Nc2nc(SCc3cccc(F)c3)nn2[C@@H]1c1cccc(Cl)c1. The average molecular weight is 459 g/mol. The minimum Gasteiger partial charge on any atom is -0.463 e. The molecule has 6 nitrogen and oxygen atoms in total.